The summed E-state index contributed by atoms with van der Waals surface area (Å²) in [5.41, 5.74) is 4.99. The van der Waals surface area contributed by atoms with Gasteiger partial charge in [0.15, 0.2) is 0 Å². The van der Waals surface area contributed by atoms with Gasteiger partial charge in [-0.05, 0) is 32.0 Å². The van der Waals surface area contributed by atoms with Crippen molar-refractivity contribution in [3.8, 4) is 11.1 Å². The molecule has 8 nitrogen and oxygen atoms in total. The molecular formula is C22H24N6O2. The minimum absolute atomic E-state index is 0.147. The van der Waals surface area contributed by atoms with Gasteiger partial charge in [0.1, 0.15) is 11.8 Å². The molecule has 30 heavy (non-hydrogen) atoms. The molecule has 3 aromatic rings. The lowest BCUT2D eigenvalue weighted by Crippen LogP contribution is -2.39. The van der Waals surface area contributed by atoms with Gasteiger partial charge in [-0.25, -0.2) is 9.97 Å². The van der Waals surface area contributed by atoms with Gasteiger partial charge in [0.05, 0.1) is 18.8 Å². The number of nitrogens with one attached hydrogen (secondary N) is 1. The highest BCUT2D eigenvalue weighted by molar-refractivity contribution is 5.92. The van der Waals surface area contributed by atoms with Gasteiger partial charge in [0, 0.05) is 48.5 Å². The molecule has 1 amide bonds. The van der Waals surface area contributed by atoms with Gasteiger partial charge in [-0.2, -0.15) is 0 Å². The van der Waals surface area contributed by atoms with Gasteiger partial charge in [0.2, 0.25) is 5.95 Å². The number of ether oxygens (including phenoxy) is 1. The normalized spacial score (nSPS) is 16.4. The summed E-state index contributed by atoms with van der Waals surface area (Å²) < 4.78 is 5.96. The maximum absolute atomic E-state index is 11.6. The van der Waals surface area contributed by atoms with E-state index >= 15 is 0 Å². The van der Waals surface area contributed by atoms with Crippen LogP contribution < -0.4 is 10.2 Å². The molecule has 0 spiro atoms. The van der Waals surface area contributed by atoms with Gasteiger partial charge in [-0.15, -0.1) is 0 Å². The van der Waals surface area contributed by atoms with E-state index in [-0.39, 0.29) is 12.0 Å². The Bertz CT molecular complexity index is 1020. The van der Waals surface area contributed by atoms with Crippen molar-refractivity contribution in [2.75, 3.05) is 31.6 Å². The molecule has 0 saturated carbocycles. The molecular weight excluding hydrogens is 380 g/mol. The Kier molecular flexibility index (Phi) is 5.67. The number of pyridine rings is 2. The standard InChI is InChI=1S/C22H24N6O2/c1-14-10-15(2)27-22(26-14)28-8-9-30-20(13-28)18-6-4-16(11-24-18)17-5-7-19(25-12-17)21(29)23-3/h4-7,10-12,20H,8-9,13H2,1-3H3,(H,23,29)/t20-/m1/s1. The molecule has 1 N–H and O–H groups in total. The van der Waals surface area contributed by atoms with Crippen molar-refractivity contribution >= 4 is 11.9 Å². The summed E-state index contributed by atoms with van der Waals surface area (Å²) in [4.78, 5) is 31.7. The van der Waals surface area contributed by atoms with Crippen LogP contribution in [-0.2, 0) is 4.74 Å². The van der Waals surface area contributed by atoms with Crippen molar-refractivity contribution in [1.29, 1.82) is 0 Å². The molecule has 1 fully saturated rings. The number of carbonyl (C=O) groups excluding carboxylic acids is 1. The van der Waals surface area contributed by atoms with Gasteiger partial charge in [-0.3, -0.25) is 14.8 Å². The van der Waals surface area contributed by atoms with Crippen LogP contribution in [0.25, 0.3) is 11.1 Å². The number of hydrogen-bond acceptors (Lipinski definition) is 7. The smallest absolute Gasteiger partial charge is 0.269 e. The molecule has 1 saturated heterocycles. The monoisotopic (exact) mass is 404 g/mol. The zero-order valence-electron chi connectivity index (χ0n) is 17.3. The Balaban J connectivity index is 1.49. The van der Waals surface area contributed by atoms with E-state index in [2.05, 4.69) is 30.2 Å². The van der Waals surface area contributed by atoms with Gasteiger partial charge >= 0.3 is 0 Å². The number of morpholine rings is 1. The first kappa shape index (κ1) is 19.9. The fraction of sp³-hybridized carbons (Fsp3) is 0.318. The van der Waals surface area contributed by atoms with Crippen LogP contribution in [0.4, 0.5) is 5.95 Å². The highest BCUT2D eigenvalue weighted by Gasteiger charge is 2.25. The number of nitrogens with zero attached hydrogens (tertiary/aromatic N) is 5. The second-order valence-corrected chi connectivity index (χ2v) is 7.24. The first-order chi connectivity index (χ1) is 14.5. The van der Waals surface area contributed by atoms with Gasteiger partial charge in [-0.1, -0.05) is 12.1 Å². The first-order valence-corrected chi connectivity index (χ1v) is 9.87. The second-order valence-electron chi connectivity index (χ2n) is 7.24. The Morgan fingerprint density at radius 2 is 1.77 bits per heavy atom. The molecule has 0 aromatic carbocycles. The fourth-order valence-corrected chi connectivity index (χ4v) is 3.45. The van der Waals surface area contributed by atoms with E-state index in [1.165, 1.54) is 0 Å². The zero-order chi connectivity index (χ0) is 21.1. The van der Waals surface area contributed by atoms with Crippen molar-refractivity contribution in [2.45, 2.75) is 20.0 Å². The molecule has 1 aliphatic rings. The van der Waals surface area contributed by atoms with Crippen LogP contribution in [0.3, 0.4) is 0 Å². The minimum atomic E-state index is -0.207. The Morgan fingerprint density at radius 3 is 2.37 bits per heavy atom. The molecule has 0 bridgehead atoms. The van der Waals surface area contributed by atoms with E-state index in [4.69, 9.17) is 4.74 Å². The van der Waals surface area contributed by atoms with E-state index < -0.39 is 0 Å². The van der Waals surface area contributed by atoms with E-state index in [9.17, 15) is 4.79 Å². The second kappa shape index (κ2) is 8.54. The molecule has 3 aromatic heterocycles. The SMILES string of the molecule is CNC(=O)c1ccc(-c2ccc([C@H]3CN(c4nc(C)cc(C)n4)CCO3)nc2)cn1. The number of aryl methyl sites for hydroxylation is 2. The summed E-state index contributed by atoms with van der Waals surface area (Å²) in [5.74, 6) is 0.529. The van der Waals surface area contributed by atoms with E-state index in [1.54, 1.807) is 19.3 Å². The molecule has 0 radical (unpaired) electrons. The summed E-state index contributed by atoms with van der Waals surface area (Å²) in [5, 5.41) is 2.57. The molecule has 1 aliphatic heterocycles. The number of amides is 1. The fourth-order valence-electron chi connectivity index (χ4n) is 3.45. The molecule has 4 rings (SSSR count). The van der Waals surface area contributed by atoms with Crippen LogP contribution in [0, 0.1) is 13.8 Å². The lowest BCUT2D eigenvalue weighted by Gasteiger charge is -2.33. The third-order valence-corrected chi connectivity index (χ3v) is 4.99. The average Bonchev–Trinajstić information content (AvgIpc) is 2.78. The molecule has 0 unspecified atom stereocenters. The van der Waals surface area contributed by atoms with Crippen molar-refractivity contribution in [2.24, 2.45) is 0 Å². The number of aromatic nitrogens is 4. The Morgan fingerprint density at radius 1 is 1.07 bits per heavy atom. The topological polar surface area (TPSA) is 93.1 Å². The Hall–Kier alpha value is -3.39. The summed E-state index contributed by atoms with van der Waals surface area (Å²) in [7, 11) is 1.58. The van der Waals surface area contributed by atoms with E-state index in [1.807, 2.05) is 44.3 Å². The van der Waals surface area contributed by atoms with Crippen molar-refractivity contribution < 1.29 is 9.53 Å². The van der Waals surface area contributed by atoms with Crippen LogP contribution in [-0.4, -0.2) is 52.6 Å². The summed E-state index contributed by atoms with van der Waals surface area (Å²) in [6.07, 6.45) is 3.34. The third-order valence-electron chi connectivity index (χ3n) is 4.99. The number of anilines is 1. The summed E-state index contributed by atoms with van der Waals surface area (Å²) in [6, 6.07) is 9.50. The minimum Gasteiger partial charge on any atom is -0.368 e. The maximum Gasteiger partial charge on any atom is 0.269 e. The van der Waals surface area contributed by atoms with Crippen molar-refractivity contribution in [1.82, 2.24) is 25.3 Å². The highest BCUT2D eigenvalue weighted by atomic mass is 16.5. The molecule has 4 heterocycles. The summed E-state index contributed by atoms with van der Waals surface area (Å²) >= 11 is 0. The van der Waals surface area contributed by atoms with Gasteiger partial charge in [0.25, 0.3) is 5.91 Å². The van der Waals surface area contributed by atoms with Crippen LogP contribution in [0.5, 0.6) is 0 Å². The van der Waals surface area contributed by atoms with Crippen molar-refractivity contribution in [3.05, 3.63) is 65.5 Å². The van der Waals surface area contributed by atoms with E-state index in [0.717, 1.165) is 40.7 Å². The van der Waals surface area contributed by atoms with Crippen LogP contribution in [0.15, 0.2) is 42.7 Å². The average molecular weight is 404 g/mol. The molecule has 0 aliphatic carbocycles. The predicted octanol–water partition coefficient (Wildman–Crippen LogP) is 2.49. The van der Waals surface area contributed by atoms with Gasteiger partial charge < -0.3 is 15.0 Å². The zero-order valence-corrected chi connectivity index (χ0v) is 17.3. The number of carbonyl (C=O) groups is 1. The third kappa shape index (κ3) is 4.28. The first-order valence-electron chi connectivity index (χ1n) is 9.87. The van der Waals surface area contributed by atoms with Crippen LogP contribution in [0.2, 0.25) is 0 Å². The molecule has 1 atom stereocenters. The van der Waals surface area contributed by atoms with Crippen LogP contribution >= 0.6 is 0 Å². The van der Waals surface area contributed by atoms with Crippen LogP contribution in [0.1, 0.15) is 33.7 Å². The Labute approximate surface area is 175 Å². The van der Waals surface area contributed by atoms with Crippen molar-refractivity contribution in [3.63, 3.8) is 0 Å². The maximum atomic E-state index is 11.6. The quantitative estimate of drug-likeness (QED) is 0.714. The molecule has 154 valence electrons. The highest BCUT2D eigenvalue weighted by Crippen LogP contribution is 2.25. The van der Waals surface area contributed by atoms with E-state index in [0.29, 0.717) is 18.8 Å². The number of rotatable bonds is 4. The summed E-state index contributed by atoms with van der Waals surface area (Å²) in [6.45, 7) is 5.95. The predicted molar refractivity (Wildman–Crippen MR) is 113 cm³/mol. The lowest BCUT2D eigenvalue weighted by atomic mass is 10.1. The number of hydrogen-bond donors (Lipinski definition) is 1. The lowest BCUT2D eigenvalue weighted by molar-refractivity contribution is 0.0364. The molecule has 8 heteroatoms. The largest absolute Gasteiger partial charge is 0.368 e.